The summed E-state index contributed by atoms with van der Waals surface area (Å²) >= 11 is 0. The normalized spacial score (nSPS) is 37.3. The second-order valence-electron chi connectivity index (χ2n) is 9.37. The summed E-state index contributed by atoms with van der Waals surface area (Å²) in [7, 11) is 0. The van der Waals surface area contributed by atoms with Gasteiger partial charge in [0.05, 0.1) is 23.7 Å². The molecule has 4 aliphatic carbocycles. The third kappa shape index (κ3) is 2.73. The van der Waals surface area contributed by atoms with Crippen molar-refractivity contribution in [2.24, 2.45) is 22.4 Å². The van der Waals surface area contributed by atoms with Crippen LogP contribution in [0, 0.1) is 28.6 Å². The van der Waals surface area contributed by atoms with Crippen molar-refractivity contribution in [3.8, 4) is 6.07 Å². The first kappa shape index (κ1) is 20.0. The largest absolute Gasteiger partial charge is 0.465 e. The number of fused-ring (bicyclic) bond motifs is 4. The molecule has 0 heterocycles. The molecule has 2 fully saturated rings. The molecule has 0 saturated heterocycles. The van der Waals surface area contributed by atoms with Crippen LogP contribution in [-0.2, 0) is 0 Å². The lowest BCUT2D eigenvalue weighted by molar-refractivity contribution is -0.0332. The van der Waals surface area contributed by atoms with Crippen LogP contribution in [0.1, 0.15) is 71.6 Å². The summed E-state index contributed by atoms with van der Waals surface area (Å²) in [5.74, 6) is 0.913. The molecule has 0 unspecified atom stereocenters. The zero-order valence-electron chi connectivity index (χ0n) is 17.4. The smallest absolute Gasteiger partial charge is 0.407 e. The van der Waals surface area contributed by atoms with E-state index in [1.54, 1.807) is 10.5 Å². The van der Waals surface area contributed by atoms with Crippen LogP contribution in [0.4, 0.5) is 4.79 Å². The monoisotopic (exact) mass is 397 g/mol. The van der Waals surface area contributed by atoms with Gasteiger partial charge in [-0.15, -0.1) is 0 Å². The Kier molecular flexibility index (Phi) is 4.96. The Morgan fingerprint density at radius 3 is 2.76 bits per heavy atom. The standard InChI is InChI=1S/C23H31N3O3/c1-3-26(21(27)28)23(12-13-24)11-9-20-19-6-4-15-14-16(25-29)5-7-17(15)18(19)8-10-22(20,23)2/h14,19-20,29H,3-12H2,1-2H3,(H,27,28)/b25-16-/t19-,20+,22+,23-/m1/s1. The van der Waals surface area contributed by atoms with Crippen molar-refractivity contribution in [1.82, 2.24) is 4.90 Å². The predicted molar refractivity (Wildman–Crippen MR) is 110 cm³/mol. The molecule has 156 valence electrons. The van der Waals surface area contributed by atoms with E-state index in [9.17, 15) is 15.2 Å². The summed E-state index contributed by atoms with van der Waals surface area (Å²) in [5, 5.41) is 32.1. The zero-order chi connectivity index (χ0) is 20.8. The molecule has 1 amide bonds. The Labute approximate surface area is 172 Å². The van der Waals surface area contributed by atoms with Crippen LogP contribution in [0.5, 0.6) is 0 Å². The van der Waals surface area contributed by atoms with Crippen LogP contribution in [0.15, 0.2) is 28.0 Å². The van der Waals surface area contributed by atoms with Crippen LogP contribution >= 0.6 is 0 Å². The number of nitrogens with zero attached hydrogens (tertiary/aromatic N) is 3. The minimum atomic E-state index is -0.897. The highest BCUT2D eigenvalue weighted by molar-refractivity contribution is 5.97. The van der Waals surface area contributed by atoms with Gasteiger partial charge in [-0.1, -0.05) is 17.7 Å². The van der Waals surface area contributed by atoms with E-state index < -0.39 is 11.6 Å². The van der Waals surface area contributed by atoms with E-state index in [4.69, 9.17) is 5.21 Å². The first-order valence-corrected chi connectivity index (χ1v) is 10.9. The summed E-state index contributed by atoms with van der Waals surface area (Å²) in [6.07, 6.45) is 8.94. The van der Waals surface area contributed by atoms with Crippen LogP contribution in [0.25, 0.3) is 0 Å². The van der Waals surface area contributed by atoms with Crippen LogP contribution in [0.2, 0.25) is 0 Å². The highest BCUT2D eigenvalue weighted by atomic mass is 16.4. The van der Waals surface area contributed by atoms with Crippen molar-refractivity contribution in [2.75, 3.05) is 6.54 Å². The van der Waals surface area contributed by atoms with Gasteiger partial charge in [0, 0.05) is 6.54 Å². The number of hydrogen-bond acceptors (Lipinski definition) is 4. The Balaban J connectivity index is 1.74. The summed E-state index contributed by atoms with van der Waals surface area (Å²) in [4.78, 5) is 13.7. The number of carboxylic acid groups (broad SMARTS) is 1. The molecule has 2 saturated carbocycles. The van der Waals surface area contributed by atoms with Crippen molar-refractivity contribution >= 4 is 11.8 Å². The average Bonchev–Trinajstić information content (AvgIpc) is 3.01. The fraction of sp³-hybridized carbons (Fsp3) is 0.696. The van der Waals surface area contributed by atoms with Crippen molar-refractivity contribution in [2.45, 2.75) is 77.2 Å². The average molecular weight is 398 g/mol. The van der Waals surface area contributed by atoms with Crippen LogP contribution < -0.4 is 0 Å². The topological polar surface area (TPSA) is 96.9 Å². The molecular weight excluding hydrogens is 366 g/mol. The molecule has 4 aliphatic rings. The first-order chi connectivity index (χ1) is 13.9. The lowest BCUT2D eigenvalue weighted by Gasteiger charge is -2.56. The molecule has 0 aromatic heterocycles. The van der Waals surface area contributed by atoms with Gasteiger partial charge >= 0.3 is 6.09 Å². The Hall–Kier alpha value is -2.29. The maximum atomic E-state index is 12.1. The molecule has 6 heteroatoms. The number of allylic oxidation sites excluding steroid dienone is 4. The summed E-state index contributed by atoms with van der Waals surface area (Å²) < 4.78 is 0. The van der Waals surface area contributed by atoms with E-state index in [0.29, 0.717) is 18.4 Å². The van der Waals surface area contributed by atoms with Crippen molar-refractivity contribution < 1.29 is 15.1 Å². The molecule has 4 atom stereocenters. The van der Waals surface area contributed by atoms with Gasteiger partial charge in [0.25, 0.3) is 0 Å². The van der Waals surface area contributed by atoms with Gasteiger partial charge in [-0.25, -0.2) is 4.79 Å². The molecule has 0 radical (unpaired) electrons. The molecule has 4 rings (SSSR count). The minimum Gasteiger partial charge on any atom is -0.465 e. The molecule has 6 nitrogen and oxygen atoms in total. The molecule has 2 N–H and O–H groups in total. The van der Waals surface area contributed by atoms with Crippen molar-refractivity contribution in [3.63, 3.8) is 0 Å². The Morgan fingerprint density at radius 1 is 1.31 bits per heavy atom. The number of carbonyl (C=O) groups is 1. The highest BCUT2D eigenvalue weighted by Crippen LogP contribution is 2.65. The van der Waals surface area contributed by atoms with Gasteiger partial charge in [0.2, 0.25) is 0 Å². The third-order valence-electron chi connectivity index (χ3n) is 8.63. The van der Waals surface area contributed by atoms with Crippen LogP contribution in [0.3, 0.4) is 0 Å². The number of hydrogen-bond donors (Lipinski definition) is 2. The number of rotatable bonds is 3. The fourth-order valence-electron chi connectivity index (χ4n) is 7.31. The van der Waals surface area contributed by atoms with Gasteiger partial charge in [-0.05, 0) is 92.8 Å². The molecule has 0 aromatic rings. The second kappa shape index (κ2) is 7.19. The minimum absolute atomic E-state index is 0.167. The van der Waals surface area contributed by atoms with E-state index in [1.165, 1.54) is 11.1 Å². The number of nitriles is 1. The molecule has 0 aromatic carbocycles. The maximum Gasteiger partial charge on any atom is 0.407 e. The van der Waals surface area contributed by atoms with Crippen molar-refractivity contribution in [3.05, 3.63) is 22.8 Å². The quantitative estimate of drug-likeness (QED) is 0.511. The Morgan fingerprint density at radius 2 is 2.10 bits per heavy atom. The van der Waals surface area contributed by atoms with E-state index in [-0.39, 0.29) is 11.8 Å². The predicted octanol–water partition coefficient (Wildman–Crippen LogP) is 5.11. The maximum absolute atomic E-state index is 12.1. The first-order valence-electron chi connectivity index (χ1n) is 10.9. The third-order valence-corrected chi connectivity index (χ3v) is 8.63. The fourth-order valence-corrected chi connectivity index (χ4v) is 7.31. The summed E-state index contributed by atoms with van der Waals surface area (Å²) in [6.45, 7) is 4.58. The number of amides is 1. The number of oxime groups is 1. The molecule has 0 aliphatic heterocycles. The molecule has 0 spiro atoms. The SMILES string of the molecule is CCN(C(=O)O)[C@@]1(CC#N)CC[C@H]2[C@@H]3CCC4=C/C(=N\O)CCC4=C3CC[C@@]21C. The Bertz CT molecular complexity index is 852. The molecule has 29 heavy (non-hydrogen) atoms. The van der Waals surface area contributed by atoms with E-state index in [2.05, 4.69) is 24.2 Å². The van der Waals surface area contributed by atoms with Gasteiger partial charge in [0.15, 0.2) is 0 Å². The van der Waals surface area contributed by atoms with E-state index in [1.807, 2.05) is 6.92 Å². The molecular formula is C23H31N3O3. The van der Waals surface area contributed by atoms with Gasteiger partial charge < -0.3 is 15.2 Å². The van der Waals surface area contributed by atoms with E-state index in [0.717, 1.165) is 57.1 Å². The second-order valence-corrected chi connectivity index (χ2v) is 9.37. The molecule has 0 bridgehead atoms. The lowest BCUT2D eigenvalue weighted by atomic mass is 9.53. The van der Waals surface area contributed by atoms with Crippen LogP contribution in [-0.4, -0.2) is 39.1 Å². The van der Waals surface area contributed by atoms with Crippen molar-refractivity contribution in [1.29, 1.82) is 5.26 Å². The van der Waals surface area contributed by atoms with Gasteiger partial charge in [-0.3, -0.25) is 0 Å². The zero-order valence-corrected chi connectivity index (χ0v) is 17.4. The van der Waals surface area contributed by atoms with Gasteiger partial charge in [0.1, 0.15) is 0 Å². The summed E-state index contributed by atoms with van der Waals surface area (Å²) in [5.41, 5.74) is 4.40. The van der Waals surface area contributed by atoms with E-state index >= 15 is 0 Å². The summed E-state index contributed by atoms with van der Waals surface area (Å²) in [6, 6.07) is 2.34. The van der Waals surface area contributed by atoms with Gasteiger partial charge in [-0.2, -0.15) is 5.26 Å². The lowest BCUT2D eigenvalue weighted by Crippen LogP contribution is -2.60. The highest BCUT2D eigenvalue weighted by Gasteiger charge is 2.64.